The first-order valence-corrected chi connectivity index (χ1v) is 13.0. The lowest BCUT2D eigenvalue weighted by atomic mass is 9.48. The summed E-state index contributed by atoms with van der Waals surface area (Å²) in [7, 11) is 0. The van der Waals surface area contributed by atoms with Crippen LogP contribution in [-0.4, -0.2) is 17.2 Å². The van der Waals surface area contributed by atoms with Crippen molar-refractivity contribution in [1.82, 2.24) is 0 Å². The molecule has 1 aromatic rings. The highest BCUT2D eigenvalue weighted by molar-refractivity contribution is 5.81. The minimum absolute atomic E-state index is 0.0500. The van der Waals surface area contributed by atoms with Crippen LogP contribution < -0.4 is 0 Å². The topological polar surface area (TPSA) is 46.5 Å². The molecule has 4 aliphatic carbocycles. The van der Waals surface area contributed by atoms with Crippen molar-refractivity contribution < 1.29 is 14.6 Å². The molecule has 1 aromatic carbocycles. The maximum Gasteiger partial charge on any atom is 0.317 e. The second-order valence-electron chi connectivity index (χ2n) is 12.6. The van der Waals surface area contributed by atoms with Gasteiger partial charge in [0.2, 0.25) is 0 Å². The standard InChI is InChI=1S/C30H38O3/c1-28(2)25(18-8-6-5-7-9-18)22-17-24-21-11-10-19-16-20(31)12-14-29(19,3)23(21)13-15-30(24,4)26(22)33-27(28)32/h5-10,20-21,23-25,31H,11-17H2,1-4H3/t20-,21-,23+,24-,25-,29-,30-/m0/s1. The lowest BCUT2D eigenvalue weighted by Gasteiger charge is -2.57. The van der Waals surface area contributed by atoms with Crippen LogP contribution >= 0.6 is 0 Å². The Labute approximate surface area is 198 Å². The van der Waals surface area contributed by atoms with E-state index in [1.54, 1.807) is 0 Å². The van der Waals surface area contributed by atoms with E-state index in [1.165, 1.54) is 23.1 Å². The van der Waals surface area contributed by atoms with Crippen LogP contribution in [0.3, 0.4) is 0 Å². The molecule has 3 nitrogen and oxygen atoms in total. The highest BCUT2D eigenvalue weighted by Gasteiger charge is 2.62. The number of carbonyl (C=O) groups is 1. The van der Waals surface area contributed by atoms with Gasteiger partial charge in [0.05, 0.1) is 11.5 Å². The highest BCUT2D eigenvalue weighted by atomic mass is 16.5. The number of ether oxygens (including phenoxy) is 1. The molecule has 0 unspecified atom stereocenters. The first kappa shape index (κ1) is 21.6. The molecule has 2 saturated carbocycles. The smallest absolute Gasteiger partial charge is 0.317 e. The minimum Gasteiger partial charge on any atom is -0.430 e. The summed E-state index contributed by atoms with van der Waals surface area (Å²) in [5.41, 5.74) is 3.75. The maximum absolute atomic E-state index is 13.3. The summed E-state index contributed by atoms with van der Waals surface area (Å²) >= 11 is 0. The van der Waals surface area contributed by atoms with E-state index >= 15 is 0 Å². The third-order valence-corrected chi connectivity index (χ3v) is 10.6. The number of allylic oxidation sites excluding steroid dienone is 3. The zero-order chi connectivity index (χ0) is 23.2. The number of rotatable bonds is 1. The van der Waals surface area contributed by atoms with Gasteiger partial charge in [-0.3, -0.25) is 4.79 Å². The number of fused-ring (bicyclic) bond motifs is 6. The molecule has 0 bridgehead atoms. The third kappa shape index (κ3) is 2.87. The molecule has 2 fully saturated rings. The van der Waals surface area contributed by atoms with Crippen LogP contribution in [0.1, 0.15) is 84.1 Å². The van der Waals surface area contributed by atoms with E-state index in [-0.39, 0.29) is 28.8 Å². The molecule has 5 aliphatic rings. The van der Waals surface area contributed by atoms with E-state index in [1.807, 2.05) is 0 Å². The van der Waals surface area contributed by atoms with Crippen LogP contribution in [0.15, 0.2) is 53.3 Å². The fourth-order valence-electron chi connectivity index (χ4n) is 8.79. The second kappa shape index (κ2) is 7.07. The van der Waals surface area contributed by atoms with Crippen LogP contribution in [0.4, 0.5) is 0 Å². The van der Waals surface area contributed by atoms with Gasteiger partial charge in [-0.2, -0.15) is 0 Å². The normalized spacial score (nSPS) is 43.6. The van der Waals surface area contributed by atoms with Crippen molar-refractivity contribution in [1.29, 1.82) is 0 Å². The quantitative estimate of drug-likeness (QED) is 0.393. The summed E-state index contributed by atoms with van der Waals surface area (Å²) in [5, 5.41) is 10.3. The predicted octanol–water partition coefficient (Wildman–Crippen LogP) is 6.54. The van der Waals surface area contributed by atoms with Crippen molar-refractivity contribution in [3.8, 4) is 0 Å². The van der Waals surface area contributed by atoms with Crippen LogP contribution in [0, 0.1) is 34.0 Å². The molecule has 7 atom stereocenters. The Hall–Kier alpha value is -1.87. The van der Waals surface area contributed by atoms with E-state index in [9.17, 15) is 9.90 Å². The van der Waals surface area contributed by atoms with Gasteiger partial charge in [0, 0.05) is 11.3 Å². The van der Waals surface area contributed by atoms with Crippen LogP contribution in [-0.2, 0) is 9.53 Å². The van der Waals surface area contributed by atoms with E-state index < -0.39 is 5.41 Å². The van der Waals surface area contributed by atoms with Gasteiger partial charge in [0.15, 0.2) is 0 Å². The van der Waals surface area contributed by atoms with Crippen LogP contribution in [0.5, 0.6) is 0 Å². The first-order valence-electron chi connectivity index (χ1n) is 13.0. The van der Waals surface area contributed by atoms with Crippen molar-refractivity contribution in [3.63, 3.8) is 0 Å². The van der Waals surface area contributed by atoms with Gasteiger partial charge in [-0.05, 0) is 93.1 Å². The lowest BCUT2D eigenvalue weighted by Crippen LogP contribution is -2.50. The van der Waals surface area contributed by atoms with E-state index in [2.05, 4.69) is 64.1 Å². The summed E-state index contributed by atoms with van der Waals surface area (Å²) in [6, 6.07) is 10.6. The number of hydrogen-bond donors (Lipinski definition) is 1. The molecule has 0 aromatic heterocycles. The molecule has 6 rings (SSSR count). The molecule has 1 N–H and O–H groups in total. The number of hydrogen-bond acceptors (Lipinski definition) is 3. The Kier molecular flexibility index (Phi) is 4.64. The minimum atomic E-state index is -0.561. The zero-order valence-corrected chi connectivity index (χ0v) is 20.6. The van der Waals surface area contributed by atoms with Gasteiger partial charge in [0.25, 0.3) is 0 Å². The molecule has 33 heavy (non-hydrogen) atoms. The zero-order valence-electron chi connectivity index (χ0n) is 20.6. The average molecular weight is 447 g/mol. The Morgan fingerprint density at radius 1 is 0.939 bits per heavy atom. The Bertz CT molecular complexity index is 1050. The number of aliphatic hydroxyl groups excluding tert-OH is 1. The first-order chi connectivity index (χ1) is 15.7. The summed E-state index contributed by atoms with van der Waals surface area (Å²) < 4.78 is 6.27. The van der Waals surface area contributed by atoms with Gasteiger partial charge in [0.1, 0.15) is 5.76 Å². The highest BCUT2D eigenvalue weighted by Crippen LogP contribution is 2.69. The van der Waals surface area contributed by atoms with Crippen molar-refractivity contribution in [2.75, 3.05) is 0 Å². The molecule has 1 heterocycles. The maximum atomic E-state index is 13.3. The van der Waals surface area contributed by atoms with Gasteiger partial charge < -0.3 is 9.84 Å². The summed E-state index contributed by atoms with van der Waals surface area (Å²) in [4.78, 5) is 13.3. The van der Waals surface area contributed by atoms with E-state index in [0.29, 0.717) is 17.8 Å². The van der Waals surface area contributed by atoms with E-state index in [4.69, 9.17) is 4.74 Å². The van der Waals surface area contributed by atoms with Crippen molar-refractivity contribution in [2.45, 2.75) is 84.7 Å². The average Bonchev–Trinajstić information content (AvgIpc) is 3.07. The third-order valence-electron chi connectivity index (χ3n) is 10.6. The molecule has 0 saturated heterocycles. The number of carbonyl (C=O) groups excluding carboxylic acids is 1. The van der Waals surface area contributed by atoms with Gasteiger partial charge >= 0.3 is 5.97 Å². The molecule has 1 aliphatic heterocycles. The van der Waals surface area contributed by atoms with Gasteiger partial charge in [-0.1, -0.05) is 55.8 Å². The molecular formula is C30H38O3. The van der Waals surface area contributed by atoms with Crippen molar-refractivity contribution in [3.05, 3.63) is 58.9 Å². The van der Waals surface area contributed by atoms with E-state index in [0.717, 1.165) is 44.3 Å². The Morgan fingerprint density at radius 3 is 2.42 bits per heavy atom. The molecule has 0 amide bonds. The molecular weight excluding hydrogens is 408 g/mol. The van der Waals surface area contributed by atoms with Crippen molar-refractivity contribution >= 4 is 5.97 Å². The fraction of sp³-hybridized carbons (Fsp3) is 0.633. The Balaban J connectivity index is 1.41. The van der Waals surface area contributed by atoms with Gasteiger partial charge in [-0.25, -0.2) is 0 Å². The predicted molar refractivity (Wildman–Crippen MR) is 129 cm³/mol. The summed E-state index contributed by atoms with van der Waals surface area (Å²) in [5.74, 6) is 2.85. The molecule has 176 valence electrons. The fourth-order valence-corrected chi connectivity index (χ4v) is 8.79. The second-order valence-corrected chi connectivity index (χ2v) is 12.6. The summed E-state index contributed by atoms with van der Waals surface area (Å²) in [6.45, 7) is 8.99. The number of benzene rings is 1. The SMILES string of the molecule is CC1(C)C(=O)OC2=C(C[C@H]3[C@H]4CC=C5C[C@@H](O)CC[C@]5(C)[C@@H]4CC[C@]23C)[C@@H]1c1ccccc1. The van der Waals surface area contributed by atoms with Crippen LogP contribution in [0.25, 0.3) is 0 Å². The number of esters is 1. The van der Waals surface area contributed by atoms with Crippen molar-refractivity contribution in [2.24, 2.45) is 34.0 Å². The van der Waals surface area contributed by atoms with Crippen LogP contribution in [0.2, 0.25) is 0 Å². The lowest BCUT2D eigenvalue weighted by molar-refractivity contribution is -0.155. The molecule has 0 spiro atoms. The summed E-state index contributed by atoms with van der Waals surface area (Å²) in [6.07, 6.45) is 9.65. The number of aliphatic hydroxyl groups is 1. The molecule has 0 radical (unpaired) electrons. The van der Waals surface area contributed by atoms with Gasteiger partial charge in [-0.15, -0.1) is 0 Å². The monoisotopic (exact) mass is 446 g/mol. The Morgan fingerprint density at radius 2 is 1.67 bits per heavy atom. The largest absolute Gasteiger partial charge is 0.430 e. The molecule has 3 heteroatoms.